The number of nitrogens with zero attached hydrogens (tertiary/aromatic N) is 2. The van der Waals surface area contributed by atoms with Crippen molar-refractivity contribution in [3.05, 3.63) is 205 Å². The first-order valence-electron chi connectivity index (χ1n) is 20.7. The average molecular weight is 807 g/mol. The van der Waals surface area contributed by atoms with Gasteiger partial charge in [-0.1, -0.05) is 104 Å². The molecular weight excluding hydrogens is 771 g/mol. The Bertz CT molecular complexity index is 3940. The molecule has 4 aromatic heterocycles. The van der Waals surface area contributed by atoms with Gasteiger partial charge < -0.3 is 18.0 Å². The van der Waals surface area contributed by atoms with Crippen molar-refractivity contribution in [2.75, 3.05) is 0 Å². The molecular formula is C56H36F2N2O2. The lowest BCUT2D eigenvalue weighted by Gasteiger charge is -2.24. The molecule has 0 radical (unpaired) electrons. The minimum absolute atomic E-state index is 0.378. The Morgan fingerprint density at radius 3 is 1.48 bits per heavy atom. The van der Waals surface area contributed by atoms with E-state index >= 15 is 8.78 Å². The number of rotatable bonds is 6. The van der Waals surface area contributed by atoms with E-state index in [1.54, 1.807) is 18.2 Å². The summed E-state index contributed by atoms with van der Waals surface area (Å²) in [5.74, 6) is -0.761. The summed E-state index contributed by atoms with van der Waals surface area (Å²) < 4.78 is 48.8. The summed E-state index contributed by atoms with van der Waals surface area (Å²) in [5.41, 5.74) is 12.0. The minimum Gasteiger partial charge on any atom is -0.455 e. The summed E-state index contributed by atoms with van der Waals surface area (Å²) >= 11 is 0. The van der Waals surface area contributed by atoms with Crippen LogP contribution in [0.5, 0.6) is 0 Å². The monoisotopic (exact) mass is 806 g/mol. The van der Waals surface area contributed by atoms with E-state index in [0.717, 1.165) is 104 Å². The molecule has 0 aliphatic heterocycles. The van der Waals surface area contributed by atoms with Crippen molar-refractivity contribution in [3.63, 3.8) is 0 Å². The topological polar surface area (TPSA) is 36.1 Å². The van der Waals surface area contributed by atoms with Crippen LogP contribution in [-0.4, -0.2) is 9.13 Å². The van der Waals surface area contributed by atoms with Gasteiger partial charge in [-0.25, -0.2) is 8.78 Å². The van der Waals surface area contributed by atoms with Crippen molar-refractivity contribution >= 4 is 110 Å². The molecule has 0 aliphatic rings. The van der Waals surface area contributed by atoms with Gasteiger partial charge in [0, 0.05) is 43.6 Å². The third-order valence-electron chi connectivity index (χ3n) is 12.6. The normalized spacial score (nSPS) is 13.1. The van der Waals surface area contributed by atoms with E-state index in [1.807, 2.05) is 66.7 Å². The van der Waals surface area contributed by atoms with Gasteiger partial charge in [0.1, 0.15) is 34.0 Å². The number of allylic oxidation sites excluding steroid dienone is 5. The van der Waals surface area contributed by atoms with Gasteiger partial charge >= 0.3 is 0 Å². The molecule has 12 aromatic rings. The Hall–Kier alpha value is -7.96. The molecule has 296 valence electrons. The largest absolute Gasteiger partial charge is 0.455 e. The molecule has 0 unspecified atom stereocenters. The molecule has 0 atom stereocenters. The number of benzene rings is 8. The summed E-state index contributed by atoms with van der Waals surface area (Å²) in [5, 5.41) is 8.13. The van der Waals surface area contributed by atoms with Gasteiger partial charge in [0.15, 0.2) is 0 Å². The van der Waals surface area contributed by atoms with E-state index < -0.39 is 0 Å². The second kappa shape index (κ2) is 13.5. The maximum Gasteiger partial charge on any atom is 0.145 e. The van der Waals surface area contributed by atoms with E-state index in [-0.39, 0.29) is 11.6 Å². The number of aromatic nitrogens is 2. The molecule has 0 N–H and O–H groups in total. The van der Waals surface area contributed by atoms with Crippen molar-refractivity contribution in [1.82, 2.24) is 9.13 Å². The molecule has 8 aromatic carbocycles. The first-order chi connectivity index (χ1) is 30.4. The van der Waals surface area contributed by atoms with Gasteiger partial charge in [-0.05, 0) is 109 Å². The smallest absolute Gasteiger partial charge is 0.145 e. The third kappa shape index (κ3) is 5.16. The highest BCUT2D eigenvalue weighted by molar-refractivity contribution is 6.28. The fraction of sp³-hybridized carbons (Fsp3) is 0.0357. The lowest BCUT2D eigenvalue weighted by molar-refractivity contribution is 0.627. The molecule has 12 rings (SSSR count). The van der Waals surface area contributed by atoms with Crippen LogP contribution in [-0.2, 0) is 0 Å². The van der Waals surface area contributed by atoms with E-state index in [2.05, 4.69) is 89.7 Å². The van der Waals surface area contributed by atoms with Crippen LogP contribution >= 0.6 is 0 Å². The van der Waals surface area contributed by atoms with E-state index in [0.29, 0.717) is 22.4 Å². The Labute approximate surface area is 354 Å². The van der Waals surface area contributed by atoms with Gasteiger partial charge in [-0.15, -0.1) is 0 Å². The maximum absolute atomic E-state index is 15.7. The van der Waals surface area contributed by atoms with Crippen LogP contribution in [0.1, 0.15) is 25.0 Å². The minimum atomic E-state index is -0.382. The first kappa shape index (κ1) is 35.9. The number of fused-ring (bicyclic) bond motifs is 14. The fourth-order valence-corrected chi connectivity index (χ4v) is 9.81. The van der Waals surface area contributed by atoms with Gasteiger partial charge in [-0.2, -0.15) is 0 Å². The van der Waals surface area contributed by atoms with Crippen LogP contribution in [0.25, 0.3) is 110 Å². The molecule has 6 heteroatoms. The third-order valence-corrected chi connectivity index (χ3v) is 12.6. The van der Waals surface area contributed by atoms with Crippen molar-refractivity contribution in [3.8, 4) is 0 Å². The fourth-order valence-electron chi connectivity index (χ4n) is 9.81. The molecule has 0 saturated heterocycles. The van der Waals surface area contributed by atoms with Gasteiger partial charge in [-0.3, -0.25) is 0 Å². The summed E-state index contributed by atoms with van der Waals surface area (Å²) in [6.07, 6.45) is 0. The van der Waals surface area contributed by atoms with Crippen LogP contribution in [0.3, 0.4) is 0 Å². The molecule has 0 fully saturated rings. The zero-order valence-electron chi connectivity index (χ0n) is 33.8. The molecule has 0 amide bonds. The lowest BCUT2D eigenvalue weighted by atomic mass is 9.90. The van der Waals surface area contributed by atoms with Crippen molar-refractivity contribution in [1.29, 1.82) is 0 Å². The quantitative estimate of drug-likeness (QED) is 0.157. The molecule has 4 heterocycles. The Balaban J connectivity index is 1.25. The predicted octanol–water partition coefficient (Wildman–Crippen LogP) is 16.0. The highest BCUT2D eigenvalue weighted by Gasteiger charge is 2.27. The Morgan fingerprint density at radius 1 is 0.452 bits per heavy atom. The van der Waals surface area contributed by atoms with Crippen LogP contribution in [0, 0.1) is 11.6 Å². The number of para-hydroxylation sites is 4. The summed E-state index contributed by atoms with van der Waals surface area (Å²) in [6.45, 7) is 8.95. The molecule has 0 saturated carbocycles. The lowest BCUT2D eigenvalue weighted by Crippen LogP contribution is -2.07. The van der Waals surface area contributed by atoms with Gasteiger partial charge in [0.2, 0.25) is 0 Å². The van der Waals surface area contributed by atoms with Crippen molar-refractivity contribution in [2.45, 2.75) is 13.8 Å². The standard InChI is InChI=1S/C56H36F2N2O2/c1-32(34(3)59-45-22-8-4-20-43(45)52-47(59)28-26-41-39-18-6-10-24-49(39)61-55(41)52)51(36-15-13-17-38(58)31-36)54(33(2)35-14-12-16-37(57)30-35)60-46-23-9-5-21-44(46)53-48(60)29-27-42-40-19-7-11-25-50(40)62-56(42)53/h4-31H,2H2,1,3H3/b34-32+,54-51-. The maximum atomic E-state index is 15.7. The first-order valence-corrected chi connectivity index (χ1v) is 20.7. The van der Waals surface area contributed by atoms with Gasteiger partial charge in [0.25, 0.3) is 0 Å². The molecule has 0 bridgehead atoms. The zero-order valence-corrected chi connectivity index (χ0v) is 33.8. The van der Waals surface area contributed by atoms with Crippen LogP contribution in [0.4, 0.5) is 8.78 Å². The summed E-state index contributed by atoms with van der Waals surface area (Å²) in [6, 6.07) is 54.6. The van der Waals surface area contributed by atoms with E-state index in [9.17, 15) is 0 Å². The number of halogens is 2. The highest BCUT2D eigenvalue weighted by Crippen LogP contribution is 2.47. The second-order valence-electron chi connectivity index (χ2n) is 16.0. The summed E-state index contributed by atoms with van der Waals surface area (Å²) in [4.78, 5) is 0. The molecule has 62 heavy (non-hydrogen) atoms. The van der Waals surface area contributed by atoms with Crippen LogP contribution in [0.2, 0.25) is 0 Å². The summed E-state index contributed by atoms with van der Waals surface area (Å²) in [7, 11) is 0. The predicted molar refractivity (Wildman–Crippen MR) is 253 cm³/mol. The Morgan fingerprint density at radius 2 is 0.919 bits per heavy atom. The zero-order chi connectivity index (χ0) is 41.8. The number of furan rings is 2. The Kier molecular flexibility index (Phi) is 7.84. The van der Waals surface area contributed by atoms with Crippen molar-refractivity contribution in [2.24, 2.45) is 0 Å². The van der Waals surface area contributed by atoms with Crippen molar-refractivity contribution < 1.29 is 17.6 Å². The SMILES string of the molecule is C=C(/C(=C(\C(C)=C(/C)n1c2ccccc2c2c3oc4ccccc4c3ccc21)c1cccc(F)c1)n1c2ccccc2c2c3oc4ccccc4c3ccc21)c1cccc(F)c1. The number of hydrogen-bond donors (Lipinski definition) is 0. The van der Waals surface area contributed by atoms with Gasteiger partial charge in [0.05, 0.1) is 38.5 Å². The number of hydrogen-bond acceptors (Lipinski definition) is 2. The van der Waals surface area contributed by atoms with Crippen LogP contribution in [0.15, 0.2) is 191 Å². The average Bonchev–Trinajstić information content (AvgIpc) is 4.05. The van der Waals surface area contributed by atoms with Crippen LogP contribution < -0.4 is 0 Å². The van der Waals surface area contributed by atoms with E-state index in [4.69, 9.17) is 15.4 Å². The molecule has 0 aliphatic carbocycles. The van der Waals surface area contributed by atoms with E-state index in [1.165, 1.54) is 18.2 Å². The molecule has 4 nitrogen and oxygen atoms in total. The highest BCUT2D eigenvalue weighted by atomic mass is 19.1. The molecule has 0 spiro atoms. The second-order valence-corrected chi connectivity index (χ2v) is 16.0.